The van der Waals surface area contributed by atoms with E-state index in [1.165, 1.54) is 19.2 Å². The lowest BCUT2D eigenvalue weighted by Gasteiger charge is -2.19. The summed E-state index contributed by atoms with van der Waals surface area (Å²) in [6.45, 7) is 5.59. The number of anilines is 1. The summed E-state index contributed by atoms with van der Waals surface area (Å²) >= 11 is 0. The van der Waals surface area contributed by atoms with Crippen LogP contribution in [0.15, 0.2) is 12.1 Å². The Hall–Kier alpha value is -2.95. The van der Waals surface area contributed by atoms with Crippen LogP contribution >= 0.6 is 0 Å². The average Bonchev–Trinajstić information content (AvgIpc) is 2.46. The first-order valence-electron chi connectivity index (χ1n) is 7.21. The molecule has 0 fully saturated rings. The summed E-state index contributed by atoms with van der Waals surface area (Å²) in [6, 6.07) is 2.77. The summed E-state index contributed by atoms with van der Waals surface area (Å²) in [7, 11) is 1.40. The van der Waals surface area contributed by atoms with E-state index in [1.54, 1.807) is 20.8 Å². The normalized spacial score (nSPS) is 10.3. The minimum absolute atomic E-state index is 0.0200. The molecular formula is C16H21N3O5. The highest BCUT2D eigenvalue weighted by Crippen LogP contribution is 2.30. The molecule has 0 aliphatic heterocycles. The van der Waals surface area contributed by atoms with Gasteiger partial charge in [-0.05, 0) is 26.8 Å². The number of hydrogen-bond donors (Lipinski definition) is 2. The topological polar surface area (TPSA) is 117 Å². The van der Waals surface area contributed by atoms with E-state index in [0.717, 1.165) is 0 Å². The highest BCUT2D eigenvalue weighted by molar-refractivity contribution is 5.70. The first-order chi connectivity index (χ1) is 11.1. The molecule has 0 radical (unpaired) electrons. The van der Waals surface area contributed by atoms with Crippen molar-refractivity contribution < 1.29 is 19.2 Å². The molecule has 8 heteroatoms. The Morgan fingerprint density at radius 2 is 2.08 bits per heavy atom. The molecule has 3 N–H and O–H groups in total. The molecule has 130 valence electrons. The molecule has 0 saturated heterocycles. The number of hydrogen-bond acceptors (Lipinski definition) is 6. The Labute approximate surface area is 140 Å². The van der Waals surface area contributed by atoms with Crippen molar-refractivity contribution in [3.05, 3.63) is 27.8 Å². The molecule has 0 aliphatic rings. The Bertz CT molecular complexity index is 683. The number of nitrogens with two attached hydrogens (primary N) is 1. The Morgan fingerprint density at radius 1 is 1.42 bits per heavy atom. The molecule has 1 aromatic rings. The predicted octanol–water partition coefficient (Wildman–Crippen LogP) is 2.45. The first-order valence-corrected chi connectivity index (χ1v) is 7.21. The van der Waals surface area contributed by atoms with Gasteiger partial charge in [-0.25, -0.2) is 4.79 Å². The number of ether oxygens (including phenoxy) is 2. The fourth-order valence-electron chi connectivity index (χ4n) is 1.68. The smallest absolute Gasteiger partial charge is 0.407 e. The molecule has 24 heavy (non-hydrogen) atoms. The van der Waals surface area contributed by atoms with Gasteiger partial charge in [0.1, 0.15) is 17.0 Å². The van der Waals surface area contributed by atoms with E-state index in [1.807, 2.05) is 0 Å². The summed E-state index contributed by atoms with van der Waals surface area (Å²) < 4.78 is 10.1. The molecule has 8 nitrogen and oxygen atoms in total. The summed E-state index contributed by atoms with van der Waals surface area (Å²) in [6.07, 6.45) is -0.190. The average molecular weight is 335 g/mol. The number of amides is 1. The van der Waals surface area contributed by atoms with Gasteiger partial charge in [-0.1, -0.05) is 11.8 Å². The molecule has 1 aromatic carbocycles. The number of carbonyl (C=O) groups is 1. The molecule has 0 spiro atoms. The maximum Gasteiger partial charge on any atom is 0.407 e. The van der Waals surface area contributed by atoms with Gasteiger partial charge in [0.2, 0.25) is 0 Å². The van der Waals surface area contributed by atoms with Crippen LogP contribution in [-0.2, 0) is 4.74 Å². The monoisotopic (exact) mass is 335 g/mol. The van der Waals surface area contributed by atoms with Crippen LogP contribution in [0.3, 0.4) is 0 Å². The van der Waals surface area contributed by atoms with Gasteiger partial charge in [-0.3, -0.25) is 10.1 Å². The third-order valence-electron chi connectivity index (χ3n) is 2.71. The van der Waals surface area contributed by atoms with Crippen LogP contribution in [0.1, 0.15) is 32.8 Å². The molecule has 0 atom stereocenters. The van der Waals surface area contributed by atoms with Gasteiger partial charge in [0.15, 0.2) is 0 Å². The van der Waals surface area contributed by atoms with Crippen molar-refractivity contribution in [2.45, 2.75) is 32.8 Å². The lowest BCUT2D eigenvalue weighted by molar-refractivity contribution is -0.384. The highest BCUT2D eigenvalue weighted by atomic mass is 16.6. The molecular weight excluding hydrogens is 314 g/mol. The van der Waals surface area contributed by atoms with E-state index in [4.69, 9.17) is 15.2 Å². The Morgan fingerprint density at radius 3 is 2.62 bits per heavy atom. The minimum atomic E-state index is -0.590. The quantitative estimate of drug-likeness (QED) is 0.287. The van der Waals surface area contributed by atoms with Crippen molar-refractivity contribution in [1.29, 1.82) is 0 Å². The zero-order valence-electron chi connectivity index (χ0n) is 14.1. The summed E-state index contributed by atoms with van der Waals surface area (Å²) in [5, 5.41) is 13.5. The van der Waals surface area contributed by atoms with Crippen LogP contribution in [0.25, 0.3) is 0 Å². The predicted molar refractivity (Wildman–Crippen MR) is 89.8 cm³/mol. The number of methoxy groups -OCH3 is 1. The lowest BCUT2D eigenvalue weighted by atomic mass is 10.1. The molecule has 0 bridgehead atoms. The van der Waals surface area contributed by atoms with Gasteiger partial charge in [0.05, 0.1) is 23.7 Å². The van der Waals surface area contributed by atoms with Gasteiger partial charge in [-0.2, -0.15) is 0 Å². The molecule has 0 aromatic heterocycles. The number of nitro groups is 1. The van der Waals surface area contributed by atoms with Crippen molar-refractivity contribution in [2.75, 3.05) is 19.4 Å². The van der Waals surface area contributed by atoms with E-state index < -0.39 is 16.6 Å². The van der Waals surface area contributed by atoms with E-state index in [9.17, 15) is 14.9 Å². The Kier molecular flexibility index (Phi) is 6.41. The molecule has 0 unspecified atom stereocenters. The summed E-state index contributed by atoms with van der Waals surface area (Å²) in [4.78, 5) is 21.8. The number of alkyl carbamates (subject to hydrolysis) is 1. The largest absolute Gasteiger partial charge is 0.496 e. The number of nitrogens with zero attached hydrogens (tertiary/aromatic N) is 1. The molecule has 0 saturated carbocycles. The van der Waals surface area contributed by atoms with Crippen LogP contribution in [0.5, 0.6) is 5.75 Å². The Balaban J connectivity index is 2.71. The summed E-state index contributed by atoms with van der Waals surface area (Å²) in [5.74, 6) is 5.85. The van der Waals surface area contributed by atoms with Gasteiger partial charge in [-0.15, -0.1) is 0 Å². The number of nitro benzene ring substituents is 1. The van der Waals surface area contributed by atoms with E-state index >= 15 is 0 Å². The van der Waals surface area contributed by atoms with Crippen LogP contribution in [-0.4, -0.2) is 30.3 Å². The first kappa shape index (κ1) is 19.1. The van der Waals surface area contributed by atoms with Gasteiger partial charge in [0.25, 0.3) is 5.69 Å². The van der Waals surface area contributed by atoms with Crippen molar-refractivity contribution in [3.8, 4) is 17.6 Å². The van der Waals surface area contributed by atoms with Gasteiger partial charge >= 0.3 is 6.09 Å². The van der Waals surface area contributed by atoms with Crippen LogP contribution in [0.2, 0.25) is 0 Å². The lowest BCUT2D eigenvalue weighted by Crippen LogP contribution is -2.32. The fraction of sp³-hybridized carbons (Fsp3) is 0.438. The van der Waals surface area contributed by atoms with Crippen LogP contribution in [0.4, 0.5) is 16.2 Å². The second kappa shape index (κ2) is 8.06. The second-order valence-electron chi connectivity index (χ2n) is 5.85. The number of nitrogens with one attached hydrogen (secondary N) is 1. The van der Waals surface area contributed by atoms with Crippen molar-refractivity contribution in [1.82, 2.24) is 5.32 Å². The number of carbonyl (C=O) groups excluding carboxylic acids is 1. The highest BCUT2D eigenvalue weighted by Gasteiger charge is 2.17. The van der Waals surface area contributed by atoms with Crippen molar-refractivity contribution in [3.63, 3.8) is 0 Å². The third kappa shape index (κ3) is 6.04. The van der Waals surface area contributed by atoms with Crippen LogP contribution < -0.4 is 15.8 Å². The van der Waals surface area contributed by atoms with E-state index in [0.29, 0.717) is 17.7 Å². The number of rotatable bonds is 4. The maximum atomic E-state index is 11.5. The van der Waals surface area contributed by atoms with E-state index in [2.05, 4.69) is 17.2 Å². The van der Waals surface area contributed by atoms with Crippen LogP contribution in [0, 0.1) is 22.0 Å². The third-order valence-corrected chi connectivity index (χ3v) is 2.71. The molecule has 1 rings (SSSR count). The number of benzene rings is 1. The van der Waals surface area contributed by atoms with Gasteiger partial charge < -0.3 is 20.5 Å². The summed E-state index contributed by atoms with van der Waals surface area (Å²) in [5.41, 5.74) is 5.21. The van der Waals surface area contributed by atoms with Crippen molar-refractivity contribution in [2.24, 2.45) is 0 Å². The zero-order chi connectivity index (χ0) is 18.3. The van der Waals surface area contributed by atoms with E-state index in [-0.39, 0.29) is 17.9 Å². The van der Waals surface area contributed by atoms with Crippen molar-refractivity contribution >= 4 is 17.5 Å². The molecule has 0 aliphatic carbocycles. The number of nitrogen functional groups attached to an aromatic ring is 1. The molecule has 1 amide bonds. The zero-order valence-corrected chi connectivity index (χ0v) is 14.1. The maximum absolute atomic E-state index is 11.5. The fourth-order valence-corrected chi connectivity index (χ4v) is 1.68. The SMILES string of the molecule is COc1cc(C#CCCNC(=O)OC(C)(C)C)c(N)c([N+](=O)[O-])c1. The minimum Gasteiger partial charge on any atom is -0.496 e. The second-order valence-corrected chi connectivity index (χ2v) is 5.85. The standard InChI is InChI=1S/C16H21N3O5/c1-16(2,3)24-15(20)18-8-6-5-7-11-9-12(23-4)10-13(14(11)17)19(21)22/h9-10H,6,8,17H2,1-4H3,(H,18,20). The van der Waals surface area contributed by atoms with Gasteiger partial charge in [0, 0.05) is 13.0 Å². The molecule has 0 heterocycles.